The summed E-state index contributed by atoms with van der Waals surface area (Å²) in [6, 6.07) is 0. The van der Waals surface area contributed by atoms with E-state index in [2.05, 4.69) is 0 Å². The fourth-order valence-electron chi connectivity index (χ4n) is 1.02. The molecule has 1 unspecified atom stereocenters. The standard InChI is InChI=1S/C13H24O4S/c1-9(11(15)17-13(5,6)7)18-8-10(14)16-12(2,3)4/h9H,8H2,1-7H3. The molecule has 5 heteroatoms. The summed E-state index contributed by atoms with van der Waals surface area (Å²) < 4.78 is 10.4. The van der Waals surface area contributed by atoms with Crippen LogP contribution in [0.25, 0.3) is 0 Å². The molecular formula is C13H24O4S. The van der Waals surface area contributed by atoms with Gasteiger partial charge < -0.3 is 9.47 Å². The Balaban J connectivity index is 4.07. The molecule has 0 bridgehead atoms. The van der Waals surface area contributed by atoms with E-state index in [4.69, 9.17) is 9.47 Å². The molecule has 0 aromatic heterocycles. The molecule has 0 saturated heterocycles. The van der Waals surface area contributed by atoms with Crippen LogP contribution in [0.4, 0.5) is 0 Å². The summed E-state index contributed by atoms with van der Waals surface area (Å²) in [7, 11) is 0. The van der Waals surface area contributed by atoms with E-state index < -0.39 is 11.2 Å². The van der Waals surface area contributed by atoms with Gasteiger partial charge in [-0.2, -0.15) is 0 Å². The second kappa shape index (κ2) is 6.45. The molecule has 0 aliphatic heterocycles. The highest BCUT2D eigenvalue weighted by Crippen LogP contribution is 2.18. The maximum absolute atomic E-state index is 11.7. The molecule has 0 rings (SSSR count). The summed E-state index contributed by atoms with van der Waals surface area (Å²) in [5.41, 5.74) is -0.995. The Morgan fingerprint density at radius 3 is 1.83 bits per heavy atom. The molecular weight excluding hydrogens is 252 g/mol. The topological polar surface area (TPSA) is 52.6 Å². The summed E-state index contributed by atoms with van der Waals surface area (Å²) in [4.78, 5) is 23.1. The van der Waals surface area contributed by atoms with Gasteiger partial charge in [-0.15, -0.1) is 11.8 Å². The lowest BCUT2D eigenvalue weighted by atomic mass is 10.2. The number of carbonyl (C=O) groups excluding carboxylic acids is 2. The zero-order chi connectivity index (χ0) is 14.6. The second-order valence-electron chi connectivity index (χ2n) is 6.07. The van der Waals surface area contributed by atoms with Gasteiger partial charge in [0, 0.05) is 0 Å². The highest BCUT2D eigenvalue weighted by Gasteiger charge is 2.24. The Kier molecular flexibility index (Phi) is 6.20. The van der Waals surface area contributed by atoms with Crippen LogP contribution in [-0.4, -0.2) is 34.1 Å². The van der Waals surface area contributed by atoms with Crippen LogP contribution in [0.3, 0.4) is 0 Å². The van der Waals surface area contributed by atoms with Crippen molar-refractivity contribution in [2.24, 2.45) is 0 Å². The minimum atomic E-state index is -0.502. The van der Waals surface area contributed by atoms with E-state index in [0.29, 0.717) is 0 Å². The summed E-state index contributed by atoms with van der Waals surface area (Å²) in [6.45, 7) is 12.6. The molecule has 106 valence electrons. The van der Waals surface area contributed by atoms with Crippen molar-refractivity contribution in [2.75, 3.05) is 5.75 Å². The molecule has 0 heterocycles. The van der Waals surface area contributed by atoms with E-state index in [9.17, 15) is 9.59 Å². The van der Waals surface area contributed by atoms with Crippen LogP contribution in [0.5, 0.6) is 0 Å². The van der Waals surface area contributed by atoms with Crippen molar-refractivity contribution in [2.45, 2.75) is 64.9 Å². The maximum Gasteiger partial charge on any atom is 0.319 e. The summed E-state index contributed by atoms with van der Waals surface area (Å²) >= 11 is 1.22. The Bertz CT molecular complexity index is 299. The van der Waals surface area contributed by atoms with Gasteiger partial charge in [-0.1, -0.05) is 0 Å². The average molecular weight is 276 g/mol. The number of hydrogen-bond acceptors (Lipinski definition) is 5. The molecule has 0 spiro atoms. The van der Waals surface area contributed by atoms with E-state index in [1.165, 1.54) is 11.8 Å². The van der Waals surface area contributed by atoms with Crippen molar-refractivity contribution in [3.8, 4) is 0 Å². The highest BCUT2D eigenvalue weighted by molar-refractivity contribution is 8.01. The van der Waals surface area contributed by atoms with Crippen LogP contribution in [0.2, 0.25) is 0 Å². The van der Waals surface area contributed by atoms with Crippen LogP contribution >= 0.6 is 11.8 Å². The summed E-state index contributed by atoms with van der Waals surface area (Å²) in [6.07, 6.45) is 0. The number of rotatable bonds is 4. The van der Waals surface area contributed by atoms with Gasteiger partial charge >= 0.3 is 11.9 Å². The number of esters is 2. The number of thioether (sulfide) groups is 1. The molecule has 0 N–H and O–H groups in total. The molecule has 0 aromatic rings. The van der Waals surface area contributed by atoms with Gasteiger partial charge in [0.25, 0.3) is 0 Å². The minimum Gasteiger partial charge on any atom is -0.459 e. The molecule has 1 atom stereocenters. The van der Waals surface area contributed by atoms with Crippen molar-refractivity contribution in [3.05, 3.63) is 0 Å². The largest absolute Gasteiger partial charge is 0.459 e. The van der Waals surface area contributed by atoms with Crippen LogP contribution in [-0.2, 0) is 19.1 Å². The zero-order valence-electron chi connectivity index (χ0n) is 12.3. The van der Waals surface area contributed by atoms with Crippen LogP contribution in [0.1, 0.15) is 48.5 Å². The first-order valence-corrected chi connectivity index (χ1v) is 7.02. The van der Waals surface area contributed by atoms with Gasteiger partial charge in [0.2, 0.25) is 0 Å². The molecule has 0 saturated carbocycles. The average Bonchev–Trinajstić information content (AvgIpc) is 2.08. The lowest BCUT2D eigenvalue weighted by molar-refractivity contribution is -0.153. The Morgan fingerprint density at radius 1 is 1.00 bits per heavy atom. The van der Waals surface area contributed by atoms with Gasteiger partial charge in [0.05, 0.1) is 5.75 Å². The predicted molar refractivity (Wildman–Crippen MR) is 73.6 cm³/mol. The van der Waals surface area contributed by atoms with Crippen molar-refractivity contribution in [1.29, 1.82) is 0 Å². The van der Waals surface area contributed by atoms with Crippen molar-refractivity contribution < 1.29 is 19.1 Å². The summed E-state index contributed by atoms with van der Waals surface area (Å²) in [5.74, 6) is -0.475. The first-order chi connectivity index (χ1) is 7.91. The fourth-order valence-corrected chi connectivity index (χ4v) is 1.65. The molecule has 0 aliphatic carbocycles. The first-order valence-electron chi connectivity index (χ1n) is 5.97. The fraction of sp³-hybridized carbons (Fsp3) is 0.846. The third-order valence-corrected chi connectivity index (χ3v) is 2.70. The maximum atomic E-state index is 11.7. The molecule has 0 aromatic carbocycles. The SMILES string of the molecule is CC(SCC(=O)OC(C)(C)C)C(=O)OC(C)(C)C. The highest BCUT2D eigenvalue weighted by atomic mass is 32.2. The monoisotopic (exact) mass is 276 g/mol. The molecule has 0 fully saturated rings. The number of ether oxygens (including phenoxy) is 2. The Morgan fingerprint density at radius 2 is 1.44 bits per heavy atom. The van der Waals surface area contributed by atoms with E-state index >= 15 is 0 Å². The lowest BCUT2D eigenvalue weighted by Crippen LogP contribution is -2.30. The third kappa shape index (κ3) is 9.33. The van der Waals surface area contributed by atoms with Crippen LogP contribution in [0, 0.1) is 0 Å². The molecule has 4 nitrogen and oxygen atoms in total. The molecule has 0 aliphatic rings. The number of carbonyl (C=O) groups is 2. The lowest BCUT2D eigenvalue weighted by Gasteiger charge is -2.22. The summed E-state index contributed by atoms with van der Waals surface area (Å²) in [5, 5.41) is -0.378. The van der Waals surface area contributed by atoms with Gasteiger partial charge in [-0.05, 0) is 48.5 Å². The van der Waals surface area contributed by atoms with Gasteiger partial charge in [0.15, 0.2) is 0 Å². The van der Waals surface area contributed by atoms with Crippen LogP contribution in [0.15, 0.2) is 0 Å². The van der Waals surface area contributed by atoms with E-state index in [0.717, 1.165) is 0 Å². The van der Waals surface area contributed by atoms with E-state index in [1.807, 2.05) is 41.5 Å². The van der Waals surface area contributed by atoms with Gasteiger partial charge in [-0.3, -0.25) is 9.59 Å². The van der Waals surface area contributed by atoms with Crippen molar-refractivity contribution in [3.63, 3.8) is 0 Å². The zero-order valence-corrected chi connectivity index (χ0v) is 13.1. The molecule has 18 heavy (non-hydrogen) atoms. The molecule has 0 radical (unpaired) electrons. The van der Waals surface area contributed by atoms with Crippen molar-refractivity contribution in [1.82, 2.24) is 0 Å². The van der Waals surface area contributed by atoms with Crippen molar-refractivity contribution >= 4 is 23.7 Å². The quantitative estimate of drug-likeness (QED) is 0.739. The Labute approximate surface area is 114 Å². The van der Waals surface area contributed by atoms with E-state index in [-0.39, 0.29) is 22.9 Å². The number of hydrogen-bond donors (Lipinski definition) is 0. The predicted octanol–water partition coefficient (Wildman–Crippen LogP) is 2.79. The third-order valence-electron chi connectivity index (χ3n) is 1.61. The Hall–Kier alpha value is -0.710. The normalized spacial score (nSPS) is 13.9. The van der Waals surface area contributed by atoms with E-state index in [1.54, 1.807) is 6.92 Å². The van der Waals surface area contributed by atoms with Gasteiger partial charge in [-0.25, -0.2) is 0 Å². The minimum absolute atomic E-state index is 0.150. The smallest absolute Gasteiger partial charge is 0.319 e. The first kappa shape index (κ1) is 17.3. The second-order valence-corrected chi connectivity index (χ2v) is 7.40. The molecule has 0 amide bonds. The van der Waals surface area contributed by atoms with Crippen LogP contribution < -0.4 is 0 Å². The van der Waals surface area contributed by atoms with Gasteiger partial charge in [0.1, 0.15) is 16.5 Å².